The van der Waals surface area contributed by atoms with Crippen LogP contribution in [0.4, 0.5) is 0 Å². The maximum absolute atomic E-state index is 9.97. The monoisotopic (exact) mass is 241 g/mol. The SMILES string of the molecule is CCC(C)NCC(O)c1ccc(Cl)c(C)c1. The molecule has 0 spiro atoms. The number of halogens is 1. The molecular formula is C13H20ClNO. The molecule has 0 amide bonds. The average molecular weight is 242 g/mol. The minimum atomic E-state index is -0.468. The first kappa shape index (κ1) is 13.5. The number of aliphatic hydroxyl groups is 1. The Labute approximate surface area is 103 Å². The van der Waals surface area contributed by atoms with Gasteiger partial charge in [-0.1, -0.05) is 30.7 Å². The fourth-order valence-corrected chi connectivity index (χ4v) is 1.57. The van der Waals surface area contributed by atoms with E-state index in [1.165, 1.54) is 0 Å². The first-order valence-corrected chi connectivity index (χ1v) is 6.10. The Morgan fingerprint density at radius 2 is 2.12 bits per heavy atom. The maximum atomic E-state index is 9.97. The van der Waals surface area contributed by atoms with Crippen molar-refractivity contribution >= 4 is 11.6 Å². The van der Waals surface area contributed by atoms with Crippen LogP contribution in [0.25, 0.3) is 0 Å². The molecule has 0 aliphatic carbocycles. The van der Waals surface area contributed by atoms with Crippen molar-refractivity contribution in [2.75, 3.05) is 6.54 Å². The number of hydrogen-bond acceptors (Lipinski definition) is 2. The van der Waals surface area contributed by atoms with Crippen molar-refractivity contribution in [1.82, 2.24) is 5.32 Å². The van der Waals surface area contributed by atoms with Crippen LogP contribution in [0.1, 0.15) is 37.5 Å². The van der Waals surface area contributed by atoms with E-state index in [1.807, 2.05) is 25.1 Å². The molecule has 0 bridgehead atoms. The summed E-state index contributed by atoms with van der Waals surface area (Å²) in [5.41, 5.74) is 1.92. The van der Waals surface area contributed by atoms with Crippen LogP contribution in [0.3, 0.4) is 0 Å². The van der Waals surface area contributed by atoms with Crippen molar-refractivity contribution in [3.63, 3.8) is 0 Å². The van der Waals surface area contributed by atoms with E-state index < -0.39 is 6.10 Å². The molecule has 1 aromatic carbocycles. The van der Waals surface area contributed by atoms with Gasteiger partial charge in [-0.2, -0.15) is 0 Å². The van der Waals surface area contributed by atoms with Crippen molar-refractivity contribution in [3.05, 3.63) is 34.3 Å². The number of benzene rings is 1. The van der Waals surface area contributed by atoms with E-state index in [0.29, 0.717) is 12.6 Å². The van der Waals surface area contributed by atoms with Crippen LogP contribution in [-0.4, -0.2) is 17.7 Å². The molecule has 1 rings (SSSR count). The van der Waals surface area contributed by atoms with Crippen molar-refractivity contribution in [2.24, 2.45) is 0 Å². The summed E-state index contributed by atoms with van der Waals surface area (Å²) in [6.45, 7) is 6.76. The molecule has 0 aromatic heterocycles. The third-order valence-electron chi connectivity index (χ3n) is 2.84. The molecule has 0 aliphatic heterocycles. The number of rotatable bonds is 5. The normalized spacial score (nSPS) is 14.8. The summed E-state index contributed by atoms with van der Waals surface area (Å²) in [5.74, 6) is 0. The van der Waals surface area contributed by atoms with Gasteiger partial charge < -0.3 is 10.4 Å². The van der Waals surface area contributed by atoms with Crippen LogP contribution in [0.15, 0.2) is 18.2 Å². The molecule has 16 heavy (non-hydrogen) atoms. The van der Waals surface area contributed by atoms with Gasteiger partial charge in [0.1, 0.15) is 0 Å². The van der Waals surface area contributed by atoms with Gasteiger partial charge in [0, 0.05) is 17.6 Å². The van der Waals surface area contributed by atoms with Crippen LogP contribution < -0.4 is 5.32 Å². The number of hydrogen-bond donors (Lipinski definition) is 2. The Morgan fingerprint density at radius 3 is 2.69 bits per heavy atom. The summed E-state index contributed by atoms with van der Waals surface area (Å²) in [6.07, 6.45) is 0.594. The largest absolute Gasteiger partial charge is 0.387 e. The van der Waals surface area contributed by atoms with Crippen molar-refractivity contribution in [2.45, 2.75) is 39.3 Å². The Kier molecular flexibility index (Phi) is 5.26. The molecule has 2 nitrogen and oxygen atoms in total. The number of nitrogens with one attached hydrogen (secondary N) is 1. The predicted octanol–water partition coefficient (Wildman–Crippen LogP) is 3.07. The van der Waals surface area contributed by atoms with Crippen molar-refractivity contribution in [3.8, 4) is 0 Å². The number of aryl methyl sites for hydroxylation is 1. The van der Waals surface area contributed by atoms with E-state index in [0.717, 1.165) is 22.6 Å². The second-order valence-corrected chi connectivity index (χ2v) is 4.65. The van der Waals surface area contributed by atoms with E-state index in [-0.39, 0.29) is 0 Å². The van der Waals surface area contributed by atoms with Gasteiger partial charge in [-0.05, 0) is 37.5 Å². The van der Waals surface area contributed by atoms with E-state index in [9.17, 15) is 5.11 Å². The molecule has 3 heteroatoms. The lowest BCUT2D eigenvalue weighted by molar-refractivity contribution is 0.170. The lowest BCUT2D eigenvalue weighted by Gasteiger charge is -2.16. The first-order valence-electron chi connectivity index (χ1n) is 5.72. The van der Waals surface area contributed by atoms with Crippen LogP contribution >= 0.6 is 11.6 Å². The molecule has 0 saturated carbocycles. The molecule has 0 saturated heterocycles. The molecule has 0 fully saturated rings. The van der Waals surface area contributed by atoms with Gasteiger partial charge in [-0.3, -0.25) is 0 Å². The summed E-state index contributed by atoms with van der Waals surface area (Å²) < 4.78 is 0. The highest BCUT2D eigenvalue weighted by atomic mass is 35.5. The lowest BCUT2D eigenvalue weighted by Crippen LogP contribution is -2.29. The minimum Gasteiger partial charge on any atom is -0.387 e. The second kappa shape index (κ2) is 6.24. The minimum absolute atomic E-state index is 0.433. The molecule has 2 unspecified atom stereocenters. The van der Waals surface area contributed by atoms with E-state index in [2.05, 4.69) is 19.2 Å². The molecule has 2 atom stereocenters. The summed E-state index contributed by atoms with van der Waals surface area (Å²) in [6, 6.07) is 6.07. The molecule has 2 N–H and O–H groups in total. The van der Waals surface area contributed by atoms with Crippen LogP contribution in [0.5, 0.6) is 0 Å². The molecule has 0 heterocycles. The van der Waals surface area contributed by atoms with Gasteiger partial charge >= 0.3 is 0 Å². The maximum Gasteiger partial charge on any atom is 0.0914 e. The topological polar surface area (TPSA) is 32.3 Å². The van der Waals surface area contributed by atoms with Crippen LogP contribution in [0, 0.1) is 6.92 Å². The zero-order valence-corrected chi connectivity index (χ0v) is 10.9. The third-order valence-corrected chi connectivity index (χ3v) is 3.26. The average Bonchev–Trinajstić information content (AvgIpc) is 2.29. The summed E-state index contributed by atoms with van der Waals surface area (Å²) >= 11 is 5.94. The smallest absolute Gasteiger partial charge is 0.0914 e. The van der Waals surface area contributed by atoms with Crippen molar-refractivity contribution in [1.29, 1.82) is 0 Å². The highest BCUT2D eigenvalue weighted by Crippen LogP contribution is 2.20. The van der Waals surface area contributed by atoms with Gasteiger partial charge in [0.05, 0.1) is 6.10 Å². The molecule has 0 radical (unpaired) electrons. The Bertz CT molecular complexity index is 341. The Balaban J connectivity index is 2.59. The van der Waals surface area contributed by atoms with Gasteiger partial charge in [-0.15, -0.1) is 0 Å². The van der Waals surface area contributed by atoms with Gasteiger partial charge in [0.15, 0.2) is 0 Å². The Morgan fingerprint density at radius 1 is 1.44 bits per heavy atom. The summed E-state index contributed by atoms with van der Waals surface area (Å²) in [4.78, 5) is 0. The Hall–Kier alpha value is -0.570. The van der Waals surface area contributed by atoms with E-state index >= 15 is 0 Å². The van der Waals surface area contributed by atoms with Gasteiger partial charge in [-0.25, -0.2) is 0 Å². The van der Waals surface area contributed by atoms with Crippen LogP contribution in [-0.2, 0) is 0 Å². The quantitative estimate of drug-likeness (QED) is 0.831. The van der Waals surface area contributed by atoms with Crippen molar-refractivity contribution < 1.29 is 5.11 Å². The van der Waals surface area contributed by atoms with Crippen LogP contribution in [0.2, 0.25) is 5.02 Å². The zero-order chi connectivity index (χ0) is 12.1. The fourth-order valence-electron chi connectivity index (χ4n) is 1.45. The lowest BCUT2D eigenvalue weighted by atomic mass is 10.1. The molecule has 90 valence electrons. The second-order valence-electron chi connectivity index (χ2n) is 4.24. The fraction of sp³-hybridized carbons (Fsp3) is 0.538. The molecule has 1 aromatic rings. The predicted molar refractivity (Wildman–Crippen MR) is 68.9 cm³/mol. The molecular weight excluding hydrogens is 222 g/mol. The summed E-state index contributed by atoms with van der Waals surface area (Å²) in [7, 11) is 0. The standard InChI is InChI=1S/C13H20ClNO/c1-4-10(3)15-8-13(16)11-5-6-12(14)9(2)7-11/h5-7,10,13,15-16H,4,8H2,1-3H3. The number of aliphatic hydroxyl groups excluding tert-OH is 1. The first-order chi connectivity index (χ1) is 7.54. The van der Waals surface area contributed by atoms with E-state index in [4.69, 9.17) is 11.6 Å². The highest BCUT2D eigenvalue weighted by molar-refractivity contribution is 6.31. The zero-order valence-electron chi connectivity index (χ0n) is 10.1. The van der Waals surface area contributed by atoms with Gasteiger partial charge in [0.25, 0.3) is 0 Å². The summed E-state index contributed by atoms with van der Waals surface area (Å²) in [5, 5.41) is 14.0. The molecule has 0 aliphatic rings. The third kappa shape index (κ3) is 3.78. The van der Waals surface area contributed by atoms with E-state index in [1.54, 1.807) is 0 Å². The highest BCUT2D eigenvalue weighted by Gasteiger charge is 2.09. The van der Waals surface area contributed by atoms with Gasteiger partial charge in [0.2, 0.25) is 0 Å².